The van der Waals surface area contributed by atoms with E-state index in [9.17, 15) is 0 Å². The second kappa shape index (κ2) is 6.36. The molecule has 0 amide bonds. The molecule has 1 fully saturated rings. The zero-order chi connectivity index (χ0) is 13.0. The van der Waals surface area contributed by atoms with Gasteiger partial charge in [-0.2, -0.15) is 0 Å². The maximum atomic E-state index is 5.82. The summed E-state index contributed by atoms with van der Waals surface area (Å²) in [6.45, 7) is 8.08. The molecule has 2 rings (SSSR count). The molecule has 0 spiro atoms. The van der Waals surface area contributed by atoms with Crippen LogP contribution in [0, 0.1) is 0 Å². The maximum absolute atomic E-state index is 5.82. The molecule has 1 aliphatic heterocycles. The summed E-state index contributed by atoms with van der Waals surface area (Å²) in [6, 6.07) is 4.63. The van der Waals surface area contributed by atoms with Crippen LogP contribution in [0.15, 0.2) is 16.5 Å². The van der Waals surface area contributed by atoms with Gasteiger partial charge in [0.05, 0.1) is 19.2 Å². The summed E-state index contributed by atoms with van der Waals surface area (Å²) in [5.74, 6) is 2.06. The van der Waals surface area contributed by atoms with Crippen molar-refractivity contribution in [3.8, 4) is 0 Å². The fourth-order valence-electron chi connectivity index (χ4n) is 2.26. The van der Waals surface area contributed by atoms with Gasteiger partial charge in [0, 0.05) is 26.2 Å². The number of methoxy groups -OCH3 is 1. The average Bonchev–Trinajstić information content (AvgIpc) is 2.96. The normalized spacial score (nSPS) is 21.0. The number of furan rings is 1. The molecule has 1 saturated heterocycles. The number of ether oxygens (including phenoxy) is 1. The highest BCUT2D eigenvalue weighted by Crippen LogP contribution is 2.17. The van der Waals surface area contributed by atoms with Crippen LogP contribution in [-0.4, -0.2) is 37.2 Å². The van der Waals surface area contributed by atoms with Gasteiger partial charge in [-0.15, -0.1) is 0 Å². The third kappa shape index (κ3) is 3.83. The van der Waals surface area contributed by atoms with E-state index < -0.39 is 0 Å². The molecule has 1 aliphatic rings. The second-order valence-electron chi connectivity index (χ2n) is 5.29. The third-order valence-corrected chi connectivity index (χ3v) is 3.34. The number of likely N-dealkylation sites (tertiary alicyclic amines) is 1. The molecule has 18 heavy (non-hydrogen) atoms. The third-order valence-electron chi connectivity index (χ3n) is 3.34. The first-order valence-corrected chi connectivity index (χ1v) is 6.73. The maximum Gasteiger partial charge on any atom is 0.118 e. The Morgan fingerprint density at radius 2 is 2.22 bits per heavy atom. The SMILES string of the molecule is COC1CCN(Cc2ccc(CNC(C)C)o2)C1. The van der Waals surface area contributed by atoms with Crippen molar-refractivity contribution in [2.75, 3.05) is 20.2 Å². The van der Waals surface area contributed by atoms with E-state index in [-0.39, 0.29) is 0 Å². The van der Waals surface area contributed by atoms with E-state index >= 15 is 0 Å². The molecule has 4 nitrogen and oxygen atoms in total. The van der Waals surface area contributed by atoms with Crippen molar-refractivity contribution in [1.82, 2.24) is 10.2 Å². The van der Waals surface area contributed by atoms with E-state index in [0.29, 0.717) is 12.1 Å². The number of nitrogens with zero attached hydrogens (tertiary/aromatic N) is 1. The van der Waals surface area contributed by atoms with Crippen LogP contribution < -0.4 is 5.32 Å². The monoisotopic (exact) mass is 252 g/mol. The first-order chi connectivity index (χ1) is 8.67. The lowest BCUT2D eigenvalue weighted by molar-refractivity contribution is 0.106. The van der Waals surface area contributed by atoms with Gasteiger partial charge in [-0.1, -0.05) is 13.8 Å². The van der Waals surface area contributed by atoms with Crippen molar-refractivity contribution in [2.24, 2.45) is 0 Å². The lowest BCUT2D eigenvalue weighted by Crippen LogP contribution is -2.22. The van der Waals surface area contributed by atoms with Gasteiger partial charge in [0.15, 0.2) is 0 Å². The van der Waals surface area contributed by atoms with Crippen LogP contribution in [-0.2, 0) is 17.8 Å². The summed E-state index contributed by atoms with van der Waals surface area (Å²) in [4.78, 5) is 2.38. The number of hydrogen-bond donors (Lipinski definition) is 1. The van der Waals surface area contributed by atoms with Crippen molar-refractivity contribution >= 4 is 0 Å². The zero-order valence-electron chi connectivity index (χ0n) is 11.6. The van der Waals surface area contributed by atoms with E-state index in [1.54, 1.807) is 7.11 Å². The van der Waals surface area contributed by atoms with E-state index in [0.717, 1.165) is 44.1 Å². The van der Waals surface area contributed by atoms with E-state index in [1.807, 2.05) is 0 Å². The van der Waals surface area contributed by atoms with Gasteiger partial charge in [0.2, 0.25) is 0 Å². The highest BCUT2D eigenvalue weighted by Gasteiger charge is 2.22. The van der Waals surface area contributed by atoms with Crippen LogP contribution in [0.25, 0.3) is 0 Å². The molecule has 4 heteroatoms. The van der Waals surface area contributed by atoms with Gasteiger partial charge in [0.25, 0.3) is 0 Å². The van der Waals surface area contributed by atoms with Gasteiger partial charge in [-0.3, -0.25) is 4.90 Å². The summed E-state index contributed by atoms with van der Waals surface area (Å²) >= 11 is 0. The second-order valence-corrected chi connectivity index (χ2v) is 5.29. The number of nitrogens with one attached hydrogen (secondary N) is 1. The molecular formula is C14H24N2O2. The van der Waals surface area contributed by atoms with Crippen LogP contribution in [0.4, 0.5) is 0 Å². The van der Waals surface area contributed by atoms with Crippen molar-refractivity contribution in [1.29, 1.82) is 0 Å². The molecule has 102 valence electrons. The smallest absolute Gasteiger partial charge is 0.118 e. The van der Waals surface area contributed by atoms with Gasteiger partial charge >= 0.3 is 0 Å². The molecule has 1 aromatic heterocycles. The van der Waals surface area contributed by atoms with Crippen LogP contribution in [0.2, 0.25) is 0 Å². The molecule has 2 heterocycles. The summed E-state index contributed by atoms with van der Waals surface area (Å²) in [7, 11) is 1.79. The van der Waals surface area contributed by atoms with Crippen molar-refractivity contribution in [2.45, 2.75) is 45.5 Å². The highest BCUT2D eigenvalue weighted by molar-refractivity contribution is 5.07. The summed E-state index contributed by atoms with van der Waals surface area (Å²) < 4.78 is 11.2. The molecule has 0 bridgehead atoms. The summed E-state index contributed by atoms with van der Waals surface area (Å²) in [5.41, 5.74) is 0. The lowest BCUT2D eigenvalue weighted by atomic mass is 10.3. The first-order valence-electron chi connectivity index (χ1n) is 6.73. The molecule has 0 radical (unpaired) electrons. The zero-order valence-corrected chi connectivity index (χ0v) is 11.6. The predicted octanol–water partition coefficient (Wildman–Crippen LogP) is 2.00. The molecule has 1 N–H and O–H groups in total. The fraction of sp³-hybridized carbons (Fsp3) is 0.714. The molecule has 0 saturated carbocycles. The Morgan fingerprint density at radius 3 is 2.89 bits per heavy atom. The van der Waals surface area contributed by atoms with Crippen LogP contribution >= 0.6 is 0 Å². The average molecular weight is 252 g/mol. The molecule has 0 aromatic carbocycles. The van der Waals surface area contributed by atoms with Crippen molar-refractivity contribution < 1.29 is 9.15 Å². The van der Waals surface area contributed by atoms with Crippen molar-refractivity contribution in [3.05, 3.63) is 23.7 Å². The Bertz CT molecular complexity index is 362. The standard InChI is InChI=1S/C14H24N2O2/c1-11(2)15-8-12-4-5-14(18-12)10-16-7-6-13(9-16)17-3/h4-5,11,13,15H,6-10H2,1-3H3. The Hall–Kier alpha value is -0.840. The minimum Gasteiger partial charge on any atom is -0.463 e. The van der Waals surface area contributed by atoms with Gasteiger partial charge < -0.3 is 14.5 Å². The minimum absolute atomic E-state index is 0.391. The molecule has 1 atom stereocenters. The largest absolute Gasteiger partial charge is 0.463 e. The molecule has 0 aliphatic carbocycles. The lowest BCUT2D eigenvalue weighted by Gasteiger charge is -2.13. The topological polar surface area (TPSA) is 37.6 Å². The molecule has 1 aromatic rings. The molecular weight excluding hydrogens is 228 g/mol. The highest BCUT2D eigenvalue weighted by atomic mass is 16.5. The van der Waals surface area contributed by atoms with Crippen molar-refractivity contribution in [3.63, 3.8) is 0 Å². The Morgan fingerprint density at radius 1 is 1.44 bits per heavy atom. The van der Waals surface area contributed by atoms with Gasteiger partial charge in [-0.25, -0.2) is 0 Å². The molecule has 1 unspecified atom stereocenters. The quantitative estimate of drug-likeness (QED) is 0.840. The van der Waals surface area contributed by atoms with Gasteiger partial charge in [0.1, 0.15) is 11.5 Å². The Labute approximate surface area is 109 Å². The fourth-order valence-corrected chi connectivity index (χ4v) is 2.26. The van der Waals surface area contributed by atoms with Crippen LogP contribution in [0.1, 0.15) is 31.8 Å². The van der Waals surface area contributed by atoms with Gasteiger partial charge in [-0.05, 0) is 18.6 Å². The number of hydrogen-bond acceptors (Lipinski definition) is 4. The summed E-state index contributed by atoms with van der Waals surface area (Å²) in [5, 5.41) is 3.36. The number of rotatable bonds is 6. The van der Waals surface area contributed by atoms with E-state index in [2.05, 4.69) is 36.2 Å². The van der Waals surface area contributed by atoms with E-state index in [4.69, 9.17) is 9.15 Å². The minimum atomic E-state index is 0.391. The predicted molar refractivity (Wildman–Crippen MR) is 71.4 cm³/mol. The summed E-state index contributed by atoms with van der Waals surface area (Å²) in [6.07, 6.45) is 1.51. The first kappa shape index (κ1) is 13.6. The van der Waals surface area contributed by atoms with Crippen LogP contribution in [0.3, 0.4) is 0 Å². The van der Waals surface area contributed by atoms with Crippen LogP contribution in [0.5, 0.6) is 0 Å². The Kier molecular flexibility index (Phi) is 4.80. The van der Waals surface area contributed by atoms with E-state index in [1.165, 1.54) is 0 Å². The Balaban J connectivity index is 1.80.